The fraction of sp³-hybridized carbons (Fsp3) is 0.500. The van der Waals surface area contributed by atoms with Crippen molar-refractivity contribution in [2.75, 3.05) is 19.5 Å². The molecule has 0 radical (unpaired) electrons. The van der Waals surface area contributed by atoms with Crippen LogP contribution >= 0.6 is 0 Å². The molecular formula is C18H25N3O. The first-order chi connectivity index (χ1) is 10.7. The van der Waals surface area contributed by atoms with Crippen LogP contribution in [0.25, 0.3) is 0 Å². The summed E-state index contributed by atoms with van der Waals surface area (Å²) >= 11 is 0. The molecule has 2 aromatic rings. The third-order valence-electron chi connectivity index (χ3n) is 4.69. The van der Waals surface area contributed by atoms with Crippen molar-refractivity contribution in [3.05, 3.63) is 47.3 Å². The van der Waals surface area contributed by atoms with Gasteiger partial charge >= 0.3 is 0 Å². The van der Waals surface area contributed by atoms with E-state index in [0.717, 1.165) is 12.2 Å². The number of nitrogens with two attached hydrogens (primary N) is 1. The molecule has 0 saturated heterocycles. The van der Waals surface area contributed by atoms with Crippen LogP contribution in [0.1, 0.15) is 42.0 Å². The number of aryl methyl sites for hydroxylation is 1. The molecule has 1 aliphatic carbocycles. The largest absolute Gasteiger partial charge is 0.399 e. The molecule has 0 spiro atoms. The van der Waals surface area contributed by atoms with E-state index in [0.29, 0.717) is 18.4 Å². The number of nitrogens with zero attached hydrogens (tertiary/aromatic N) is 2. The lowest BCUT2D eigenvalue weighted by atomic mass is 9.71. The van der Waals surface area contributed by atoms with Crippen LogP contribution in [0.3, 0.4) is 0 Å². The van der Waals surface area contributed by atoms with Crippen LogP contribution in [0.5, 0.6) is 0 Å². The van der Waals surface area contributed by atoms with E-state index < -0.39 is 0 Å². The second-order valence-corrected chi connectivity index (χ2v) is 6.29. The molecule has 1 aromatic heterocycles. The Kier molecular flexibility index (Phi) is 4.48. The van der Waals surface area contributed by atoms with Gasteiger partial charge in [0.05, 0.1) is 18.8 Å². The predicted octanol–water partition coefficient (Wildman–Crippen LogP) is 3.35. The Bertz CT molecular complexity index is 631. The summed E-state index contributed by atoms with van der Waals surface area (Å²) in [6.07, 6.45) is 6.02. The van der Waals surface area contributed by atoms with Gasteiger partial charge in [-0.3, -0.25) is 4.68 Å². The number of hydrogen-bond acceptors (Lipinski definition) is 3. The number of methoxy groups -OCH3 is 1. The van der Waals surface area contributed by atoms with Gasteiger partial charge in [-0.1, -0.05) is 18.6 Å². The van der Waals surface area contributed by atoms with Crippen molar-refractivity contribution in [1.29, 1.82) is 0 Å². The topological polar surface area (TPSA) is 53.1 Å². The molecule has 1 heterocycles. The second-order valence-electron chi connectivity index (χ2n) is 6.29. The zero-order chi connectivity index (χ0) is 15.5. The lowest BCUT2D eigenvalue weighted by molar-refractivity contribution is 0.183. The second kappa shape index (κ2) is 6.53. The number of ether oxygens (including phenoxy) is 1. The highest BCUT2D eigenvalue weighted by atomic mass is 16.5. The highest BCUT2D eigenvalue weighted by Gasteiger charge is 2.32. The molecule has 4 nitrogen and oxygen atoms in total. The average molecular weight is 299 g/mol. The van der Waals surface area contributed by atoms with Crippen LogP contribution < -0.4 is 5.73 Å². The van der Waals surface area contributed by atoms with Gasteiger partial charge in [-0.05, 0) is 48.9 Å². The standard InChI is InChI=1S/C18H25N3O/c1-13-12-21(9-10-22-2)20-18(13)17(14-5-3-6-14)15-7-4-8-16(19)11-15/h4,7-8,11-12,14,17H,3,5-6,9-10,19H2,1-2H3. The molecule has 2 N–H and O–H groups in total. The number of nitrogen functional groups attached to an aromatic ring is 1. The third-order valence-corrected chi connectivity index (χ3v) is 4.69. The highest BCUT2D eigenvalue weighted by molar-refractivity contribution is 5.45. The van der Waals surface area contributed by atoms with Crippen molar-refractivity contribution in [3.8, 4) is 0 Å². The van der Waals surface area contributed by atoms with E-state index in [1.54, 1.807) is 7.11 Å². The molecule has 118 valence electrons. The summed E-state index contributed by atoms with van der Waals surface area (Å²) in [4.78, 5) is 0. The van der Waals surface area contributed by atoms with Crippen LogP contribution in [0.2, 0.25) is 0 Å². The van der Waals surface area contributed by atoms with Gasteiger partial charge in [0.1, 0.15) is 0 Å². The first kappa shape index (κ1) is 15.1. The number of aromatic nitrogens is 2. The van der Waals surface area contributed by atoms with E-state index in [1.807, 2.05) is 16.8 Å². The van der Waals surface area contributed by atoms with Gasteiger partial charge in [0.15, 0.2) is 0 Å². The Labute approximate surface area is 132 Å². The van der Waals surface area contributed by atoms with Gasteiger partial charge in [0.25, 0.3) is 0 Å². The number of anilines is 1. The Morgan fingerprint density at radius 3 is 2.86 bits per heavy atom. The minimum atomic E-state index is 0.362. The lowest BCUT2D eigenvalue weighted by Gasteiger charge is -2.33. The molecule has 1 aromatic carbocycles. The minimum Gasteiger partial charge on any atom is -0.399 e. The van der Waals surface area contributed by atoms with E-state index in [-0.39, 0.29) is 0 Å². The summed E-state index contributed by atoms with van der Waals surface area (Å²) in [6, 6.07) is 8.29. The molecule has 1 saturated carbocycles. The molecule has 0 amide bonds. The summed E-state index contributed by atoms with van der Waals surface area (Å²) in [5, 5.41) is 4.85. The van der Waals surface area contributed by atoms with Gasteiger partial charge in [-0.25, -0.2) is 0 Å². The number of rotatable bonds is 6. The summed E-state index contributed by atoms with van der Waals surface area (Å²) < 4.78 is 7.16. The number of hydrogen-bond donors (Lipinski definition) is 1. The molecule has 1 aliphatic rings. The first-order valence-electron chi connectivity index (χ1n) is 8.07. The molecule has 22 heavy (non-hydrogen) atoms. The van der Waals surface area contributed by atoms with Crippen LogP contribution in [-0.2, 0) is 11.3 Å². The Hall–Kier alpha value is -1.81. The van der Waals surface area contributed by atoms with Crippen molar-refractivity contribution in [3.63, 3.8) is 0 Å². The SMILES string of the molecule is COCCn1cc(C)c(C(c2cccc(N)c2)C2CCC2)n1. The third kappa shape index (κ3) is 3.02. The maximum absolute atomic E-state index is 6.00. The van der Waals surface area contributed by atoms with Gasteiger partial charge in [-0.15, -0.1) is 0 Å². The van der Waals surface area contributed by atoms with Crippen molar-refractivity contribution in [2.24, 2.45) is 5.92 Å². The average Bonchev–Trinajstić information content (AvgIpc) is 2.81. The summed E-state index contributed by atoms with van der Waals surface area (Å²) in [7, 11) is 1.72. The van der Waals surface area contributed by atoms with Crippen LogP contribution in [0.4, 0.5) is 5.69 Å². The maximum atomic E-state index is 6.00. The van der Waals surface area contributed by atoms with E-state index in [2.05, 4.69) is 25.3 Å². The van der Waals surface area contributed by atoms with Gasteiger partial charge in [-0.2, -0.15) is 5.10 Å². The molecule has 3 rings (SSSR count). The maximum Gasteiger partial charge on any atom is 0.0731 e. The fourth-order valence-electron chi connectivity index (χ4n) is 3.32. The van der Waals surface area contributed by atoms with Crippen molar-refractivity contribution < 1.29 is 4.74 Å². The van der Waals surface area contributed by atoms with Gasteiger partial charge < -0.3 is 10.5 Å². The van der Waals surface area contributed by atoms with E-state index >= 15 is 0 Å². The molecule has 1 unspecified atom stereocenters. The predicted molar refractivity (Wildman–Crippen MR) is 88.9 cm³/mol. The lowest BCUT2D eigenvalue weighted by Crippen LogP contribution is -2.22. The van der Waals surface area contributed by atoms with E-state index in [1.165, 1.54) is 36.1 Å². The first-order valence-corrected chi connectivity index (χ1v) is 8.07. The molecule has 1 fully saturated rings. The summed E-state index contributed by atoms with van der Waals surface area (Å²) in [6.45, 7) is 3.64. The van der Waals surface area contributed by atoms with E-state index in [4.69, 9.17) is 15.6 Å². The van der Waals surface area contributed by atoms with Crippen molar-refractivity contribution in [1.82, 2.24) is 9.78 Å². The zero-order valence-corrected chi connectivity index (χ0v) is 13.5. The van der Waals surface area contributed by atoms with Crippen molar-refractivity contribution in [2.45, 2.75) is 38.6 Å². The molecule has 1 atom stereocenters. The summed E-state index contributed by atoms with van der Waals surface area (Å²) in [5.41, 5.74) is 10.6. The number of benzene rings is 1. The highest BCUT2D eigenvalue weighted by Crippen LogP contribution is 2.43. The van der Waals surface area contributed by atoms with Crippen LogP contribution in [0.15, 0.2) is 30.5 Å². The Morgan fingerprint density at radius 1 is 1.41 bits per heavy atom. The van der Waals surface area contributed by atoms with E-state index in [9.17, 15) is 0 Å². The van der Waals surface area contributed by atoms with Gasteiger partial charge in [0.2, 0.25) is 0 Å². The molecule has 0 bridgehead atoms. The molecule has 0 aliphatic heterocycles. The Morgan fingerprint density at radius 2 is 2.23 bits per heavy atom. The van der Waals surface area contributed by atoms with Crippen LogP contribution in [-0.4, -0.2) is 23.5 Å². The monoisotopic (exact) mass is 299 g/mol. The normalized spacial score (nSPS) is 16.5. The Balaban J connectivity index is 1.94. The quantitative estimate of drug-likeness (QED) is 0.832. The smallest absolute Gasteiger partial charge is 0.0731 e. The van der Waals surface area contributed by atoms with Crippen LogP contribution in [0, 0.1) is 12.8 Å². The molecular weight excluding hydrogens is 274 g/mol. The summed E-state index contributed by atoms with van der Waals surface area (Å²) in [5.74, 6) is 1.05. The fourth-order valence-corrected chi connectivity index (χ4v) is 3.32. The zero-order valence-electron chi connectivity index (χ0n) is 13.5. The molecule has 4 heteroatoms. The van der Waals surface area contributed by atoms with Crippen molar-refractivity contribution >= 4 is 5.69 Å². The minimum absolute atomic E-state index is 0.362. The van der Waals surface area contributed by atoms with Gasteiger partial charge in [0, 0.05) is 24.9 Å².